The van der Waals surface area contributed by atoms with Gasteiger partial charge in [-0.25, -0.2) is 9.18 Å². The molecule has 0 saturated heterocycles. The molecule has 1 rings (SSSR count). The molecule has 6 heteroatoms. The van der Waals surface area contributed by atoms with E-state index in [1.54, 1.807) is 0 Å². The Hall–Kier alpha value is -2.11. The summed E-state index contributed by atoms with van der Waals surface area (Å²) in [5.74, 6) is -2.96. The summed E-state index contributed by atoms with van der Waals surface area (Å²) < 4.78 is 22.7. The van der Waals surface area contributed by atoms with E-state index >= 15 is 0 Å². The lowest BCUT2D eigenvalue weighted by Gasteiger charge is -2.09. The number of carbonyl (C=O) groups is 2. The van der Waals surface area contributed by atoms with Crippen LogP contribution in [0.2, 0.25) is 0 Å². The fourth-order valence-electron chi connectivity index (χ4n) is 1.40. The molecule has 0 bridgehead atoms. The molecule has 1 N–H and O–H groups in total. The molecule has 0 saturated carbocycles. The van der Waals surface area contributed by atoms with Crippen molar-refractivity contribution in [1.29, 1.82) is 0 Å². The van der Waals surface area contributed by atoms with Crippen molar-refractivity contribution in [1.82, 2.24) is 0 Å². The molecule has 5 nitrogen and oxygen atoms in total. The minimum Gasteiger partial charge on any atom is -0.493 e. The summed E-state index contributed by atoms with van der Waals surface area (Å²) in [4.78, 5) is 21.9. The maximum absolute atomic E-state index is 13.5. The maximum atomic E-state index is 13.5. The normalized spacial score (nSPS) is 9.82. The molecule has 92 valence electrons. The second-order valence-electron chi connectivity index (χ2n) is 3.22. The van der Waals surface area contributed by atoms with Crippen LogP contribution in [0.5, 0.6) is 5.75 Å². The van der Waals surface area contributed by atoms with Crippen LogP contribution in [0.1, 0.15) is 15.9 Å². The van der Waals surface area contributed by atoms with Crippen molar-refractivity contribution >= 4 is 11.9 Å². The van der Waals surface area contributed by atoms with Crippen LogP contribution in [0.25, 0.3) is 0 Å². The number of halogens is 1. The quantitative estimate of drug-likeness (QED) is 0.804. The number of hydrogen-bond acceptors (Lipinski definition) is 4. The fraction of sp³-hybridized carbons (Fsp3) is 0.273. The minimum absolute atomic E-state index is 0.133. The zero-order valence-electron chi connectivity index (χ0n) is 9.32. The van der Waals surface area contributed by atoms with E-state index in [1.807, 2.05) is 0 Å². The summed E-state index contributed by atoms with van der Waals surface area (Å²) in [6.45, 7) is 0. The zero-order chi connectivity index (χ0) is 13.0. The van der Waals surface area contributed by atoms with Gasteiger partial charge in [0, 0.05) is 0 Å². The van der Waals surface area contributed by atoms with Crippen LogP contribution < -0.4 is 4.74 Å². The van der Waals surface area contributed by atoms with Gasteiger partial charge < -0.3 is 14.6 Å². The first-order valence-electron chi connectivity index (χ1n) is 4.66. The first-order valence-corrected chi connectivity index (χ1v) is 4.66. The molecule has 0 heterocycles. The van der Waals surface area contributed by atoms with Gasteiger partial charge >= 0.3 is 11.9 Å². The van der Waals surface area contributed by atoms with Crippen molar-refractivity contribution in [3.8, 4) is 5.75 Å². The number of benzene rings is 1. The summed E-state index contributed by atoms with van der Waals surface area (Å²) in [5, 5.41) is 8.60. The molecular formula is C11H11FO5. The molecule has 1 aromatic carbocycles. The molecule has 0 radical (unpaired) electrons. The lowest BCUT2D eigenvalue weighted by Crippen LogP contribution is -2.08. The van der Waals surface area contributed by atoms with E-state index < -0.39 is 17.8 Å². The van der Waals surface area contributed by atoms with Crippen molar-refractivity contribution in [3.63, 3.8) is 0 Å². The molecule has 0 aromatic heterocycles. The SMILES string of the molecule is COC(=O)c1cc(CC(=O)O)cc(F)c1OC. The summed E-state index contributed by atoms with van der Waals surface area (Å²) in [5.41, 5.74) is 0.0300. The number of carboxylic acid groups (broad SMARTS) is 1. The highest BCUT2D eigenvalue weighted by Crippen LogP contribution is 2.25. The average molecular weight is 242 g/mol. The second-order valence-corrected chi connectivity index (χ2v) is 3.22. The predicted molar refractivity (Wildman–Crippen MR) is 55.6 cm³/mol. The van der Waals surface area contributed by atoms with Crippen LogP contribution in [-0.2, 0) is 16.0 Å². The van der Waals surface area contributed by atoms with E-state index in [2.05, 4.69) is 4.74 Å². The Bertz CT molecular complexity index is 455. The first kappa shape index (κ1) is 13.0. The first-order chi connectivity index (χ1) is 7.99. The van der Waals surface area contributed by atoms with Crippen LogP contribution >= 0.6 is 0 Å². The molecule has 0 amide bonds. The lowest BCUT2D eigenvalue weighted by atomic mass is 10.1. The zero-order valence-corrected chi connectivity index (χ0v) is 9.32. The second kappa shape index (κ2) is 5.29. The van der Waals surface area contributed by atoms with Crippen molar-refractivity contribution < 1.29 is 28.6 Å². The number of carboxylic acids is 1. The Kier molecular flexibility index (Phi) is 4.03. The Morgan fingerprint density at radius 3 is 2.47 bits per heavy atom. The summed E-state index contributed by atoms with van der Waals surface area (Å²) in [6, 6.07) is 2.25. The van der Waals surface area contributed by atoms with Gasteiger partial charge in [0.15, 0.2) is 11.6 Å². The molecule has 0 spiro atoms. The number of rotatable bonds is 4. The van der Waals surface area contributed by atoms with E-state index in [0.717, 1.165) is 13.2 Å². The van der Waals surface area contributed by atoms with Gasteiger partial charge in [0.1, 0.15) is 5.56 Å². The van der Waals surface area contributed by atoms with Crippen molar-refractivity contribution in [3.05, 3.63) is 29.1 Å². The third-order valence-electron chi connectivity index (χ3n) is 2.07. The standard InChI is InChI=1S/C11H11FO5/c1-16-10-7(11(15)17-2)3-6(4-8(10)12)5-9(13)14/h3-4H,5H2,1-2H3,(H,13,14). The number of carbonyl (C=O) groups excluding carboxylic acids is 1. The third-order valence-corrected chi connectivity index (χ3v) is 2.07. The monoisotopic (exact) mass is 242 g/mol. The largest absolute Gasteiger partial charge is 0.493 e. The highest BCUT2D eigenvalue weighted by molar-refractivity contribution is 5.93. The number of aliphatic carboxylic acids is 1. The molecule has 0 fully saturated rings. The Morgan fingerprint density at radius 1 is 1.35 bits per heavy atom. The van der Waals surface area contributed by atoms with Gasteiger partial charge in [-0.05, 0) is 17.7 Å². The average Bonchev–Trinajstić information content (AvgIpc) is 2.26. The van der Waals surface area contributed by atoms with Gasteiger partial charge in [-0.15, -0.1) is 0 Å². The maximum Gasteiger partial charge on any atom is 0.341 e. The minimum atomic E-state index is -1.12. The molecule has 17 heavy (non-hydrogen) atoms. The third kappa shape index (κ3) is 2.93. The highest BCUT2D eigenvalue weighted by atomic mass is 19.1. The molecule has 0 atom stereocenters. The van der Waals surface area contributed by atoms with E-state index in [-0.39, 0.29) is 23.3 Å². The summed E-state index contributed by atoms with van der Waals surface area (Å²) in [7, 11) is 2.35. The molecule has 0 aliphatic rings. The van der Waals surface area contributed by atoms with Gasteiger partial charge in [-0.1, -0.05) is 0 Å². The number of hydrogen-bond donors (Lipinski definition) is 1. The Morgan fingerprint density at radius 2 is 2.00 bits per heavy atom. The van der Waals surface area contributed by atoms with Gasteiger partial charge in [0.2, 0.25) is 0 Å². The van der Waals surface area contributed by atoms with Crippen LogP contribution in [0, 0.1) is 5.82 Å². The molecule has 0 aliphatic heterocycles. The molecule has 0 aliphatic carbocycles. The van der Waals surface area contributed by atoms with Crippen molar-refractivity contribution in [2.75, 3.05) is 14.2 Å². The fourth-order valence-corrected chi connectivity index (χ4v) is 1.40. The van der Waals surface area contributed by atoms with E-state index in [4.69, 9.17) is 9.84 Å². The number of ether oxygens (including phenoxy) is 2. The van der Waals surface area contributed by atoms with Crippen LogP contribution in [0.4, 0.5) is 4.39 Å². The van der Waals surface area contributed by atoms with E-state index in [0.29, 0.717) is 0 Å². The summed E-state index contributed by atoms with van der Waals surface area (Å²) in [6.07, 6.45) is -0.384. The van der Waals surface area contributed by atoms with Gasteiger partial charge in [0.05, 0.1) is 20.6 Å². The van der Waals surface area contributed by atoms with Crippen molar-refractivity contribution in [2.24, 2.45) is 0 Å². The van der Waals surface area contributed by atoms with Gasteiger partial charge in [0.25, 0.3) is 0 Å². The van der Waals surface area contributed by atoms with E-state index in [9.17, 15) is 14.0 Å². The van der Waals surface area contributed by atoms with Crippen LogP contribution in [0.15, 0.2) is 12.1 Å². The topological polar surface area (TPSA) is 72.8 Å². The smallest absolute Gasteiger partial charge is 0.341 e. The summed E-state index contributed by atoms with van der Waals surface area (Å²) >= 11 is 0. The van der Waals surface area contributed by atoms with Crippen molar-refractivity contribution in [2.45, 2.75) is 6.42 Å². The molecule has 0 unspecified atom stereocenters. The Balaban J connectivity index is 3.28. The van der Waals surface area contributed by atoms with Gasteiger partial charge in [-0.2, -0.15) is 0 Å². The van der Waals surface area contributed by atoms with Crippen LogP contribution in [0.3, 0.4) is 0 Å². The number of esters is 1. The lowest BCUT2D eigenvalue weighted by molar-refractivity contribution is -0.136. The molecular weight excluding hydrogens is 231 g/mol. The highest BCUT2D eigenvalue weighted by Gasteiger charge is 2.19. The van der Waals surface area contributed by atoms with Crippen LogP contribution in [-0.4, -0.2) is 31.3 Å². The molecule has 1 aromatic rings. The Labute approximate surface area is 96.8 Å². The number of methoxy groups -OCH3 is 2. The van der Waals surface area contributed by atoms with Gasteiger partial charge in [-0.3, -0.25) is 4.79 Å². The predicted octanol–water partition coefficient (Wildman–Crippen LogP) is 1.25. The van der Waals surface area contributed by atoms with E-state index in [1.165, 1.54) is 13.2 Å².